The van der Waals surface area contributed by atoms with Crippen LogP contribution in [0.25, 0.3) is 10.1 Å². The first kappa shape index (κ1) is 25.5. The molecule has 2 heterocycles. The molecule has 1 aliphatic carbocycles. The summed E-state index contributed by atoms with van der Waals surface area (Å²) in [6, 6.07) is 19.1. The number of likely N-dealkylation sites (tertiary alicyclic amines) is 1. The Morgan fingerprint density at radius 3 is 2.51 bits per heavy atom. The summed E-state index contributed by atoms with van der Waals surface area (Å²) in [5.41, 5.74) is 20.7. The van der Waals surface area contributed by atoms with Gasteiger partial charge in [0.25, 0.3) is 5.91 Å². The zero-order chi connectivity index (χ0) is 27.3. The van der Waals surface area contributed by atoms with E-state index in [1.165, 1.54) is 11.3 Å². The number of benzene rings is 3. The second-order valence-corrected chi connectivity index (χ2v) is 11.4. The van der Waals surface area contributed by atoms with Crippen molar-refractivity contribution in [2.24, 2.45) is 11.5 Å². The number of hydrogen-bond acceptors (Lipinski definition) is 8. The first-order valence-corrected chi connectivity index (χ1v) is 13.9. The maximum atomic E-state index is 14.0. The van der Waals surface area contributed by atoms with E-state index in [4.69, 9.17) is 21.9 Å². The van der Waals surface area contributed by atoms with E-state index < -0.39 is 11.6 Å². The van der Waals surface area contributed by atoms with Crippen LogP contribution in [0.15, 0.2) is 66.7 Å². The van der Waals surface area contributed by atoms with Crippen LogP contribution in [0, 0.1) is 0 Å². The van der Waals surface area contributed by atoms with E-state index in [0.29, 0.717) is 44.1 Å². The number of amides is 1. The summed E-state index contributed by atoms with van der Waals surface area (Å²) in [6.45, 7) is 1.79. The van der Waals surface area contributed by atoms with E-state index in [-0.39, 0.29) is 17.7 Å². The van der Waals surface area contributed by atoms with Gasteiger partial charge in [0, 0.05) is 29.2 Å². The number of nitrogens with zero attached hydrogens (tertiary/aromatic N) is 1. The fourth-order valence-electron chi connectivity index (χ4n) is 5.79. The second-order valence-electron chi connectivity index (χ2n) is 10.4. The molecule has 3 atom stereocenters. The second kappa shape index (κ2) is 9.77. The quantitative estimate of drug-likeness (QED) is 0.281. The number of nitrogens with two attached hydrogens (primary N) is 3. The van der Waals surface area contributed by atoms with Crippen LogP contribution in [0.2, 0.25) is 0 Å². The highest BCUT2D eigenvalue weighted by molar-refractivity contribution is 7.21. The lowest BCUT2D eigenvalue weighted by molar-refractivity contribution is -0.124. The molecule has 39 heavy (non-hydrogen) atoms. The Morgan fingerprint density at radius 2 is 1.79 bits per heavy atom. The fraction of sp³-hybridized carbons (Fsp3) is 0.267. The van der Waals surface area contributed by atoms with E-state index in [9.17, 15) is 9.59 Å². The third-order valence-electron chi connectivity index (χ3n) is 7.77. The highest BCUT2D eigenvalue weighted by Gasteiger charge is 2.48. The number of ketones is 1. The Labute approximate surface area is 230 Å². The molecule has 1 saturated heterocycles. The molecule has 2 aliphatic rings. The minimum Gasteiger partial charge on any atom is -0.457 e. The zero-order valence-corrected chi connectivity index (χ0v) is 22.5. The van der Waals surface area contributed by atoms with Gasteiger partial charge in [-0.05, 0) is 67.9 Å². The number of piperidine rings is 1. The first-order valence-electron chi connectivity index (χ1n) is 13.0. The number of para-hydroxylation sites is 1. The van der Waals surface area contributed by atoms with Crippen molar-refractivity contribution in [1.29, 1.82) is 0 Å². The van der Waals surface area contributed by atoms with Crippen molar-refractivity contribution < 1.29 is 14.3 Å². The standard InChI is InChI=1S/C30H31N5O3S/c1-35-15-5-6-18(16-35)34-29(37)27-24-23-21(13-14-22(31)26(23)39-27)30(33,28(36)25(24)32)17-9-11-20(12-10-17)38-19-7-3-2-4-8-19/h2-4,7-14,18,25H,5-6,15-16,31-33H2,1H3,(H,34,37). The van der Waals surface area contributed by atoms with Crippen LogP contribution in [-0.2, 0) is 10.3 Å². The highest BCUT2D eigenvalue weighted by Crippen LogP contribution is 2.49. The van der Waals surface area contributed by atoms with E-state index in [0.717, 1.165) is 30.6 Å². The molecule has 200 valence electrons. The van der Waals surface area contributed by atoms with Gasteiger partial charge in [-0.15, -0.1) is 11.3 Å². The smallest absolute Gasteiger partial charge is 0.262 e. The summed E-state index contributed by atoms with van der Waals surface area (Å²) in [5.74, 6) is 0.721. The van der Waals surface area contributed by atoms with E-state index in [1.54, 1.807) is 36.4 Å². The molecule has 8 nitrogen and oxygen atoms in total. The topological polar surface area (TPSA) is 137 Å². The Balaban J connectivity index is 1.40. The third kappa shape index (κ3) is 4.28. The summed E-state index contributed by atoms with van der Waals surface area (Å²) < 4.78 is 6.63. The van der Waals surface area contributed by atoms with Gasteiger partial charge in [-0.25, -0.2) is 0 Å². The molecule has 9 heteroatoms. The molecule has 1 aromatic heterocycles. The first-order chi connectivity index (χ1) is 18.8. The number of thiophene rings is 1. The normalized spacial score (nSPS) is 23.1. The van der Waals surface area contributed by atoms with E-state index in [2.05, 4.69) is 10.2 Å². The van der Waals surface area contributed by atoms with Crippen molar-refractivity contribution in [3.63, 3.8) is 0 Å². The van der Waals surface area contributed by atoms with Crippen LogP contribution in [-0.4, -0.2) is 42.8 Å². The number of ether oxygens (including phenoxy) is 1. The number of nitrogen functional groups attached to an aromatic ring is 1. The SMILES string of the molecule is CN1CCCC(NC(=O)c2sc3c(N)ccc4c3c2C(N)C(=O)C4(N)c2ccc(Oc3ccccc3)cc2)C1. The number of carbonyl (C=O) groups excluding carboxylic acids is 2. The average molecular weight is 542 g/mol. The summed E-state index contributed by atoms with van der Waals surface area (Å²) >= 11 is 1.27. The fourth-order valence-corrected chi connectivity index (χ4v) is 7.00. The van der Waals surface area contributed by atoms with Crippen molar-refractivity contribution in [2.45, 2.75) is 30.5 Å². The molecule has 6 rings (SSSR count). The summed E-state index contributed by atoms with van der Waals surface area (Å²) in [4.78, 5) is 30.1. The van der Waals surface area contributed by atoms with Gasteiger partial charge in [-0.2, -0.15) is 0 Å². The van der Waals surface area contributed by atoms with Crippen LogP contribution < -0.4 is 27.3 Å². The minimum atomic E-state index is -1.51. The molecule has 7 N–H and O–H groups in total. The van der Waals surface area contributed by atoms with Gasteiger partial charge >= 0.3 is 0 Å². The molecule has 0 saturated carbocycles. The van der Waals surface area contributed by atoms with Crippen molar-refractivity contribution in [1.82, 2.24) is 10.2 Å². The number of nitrogens with one attached hydrogen (secondary N) is 1. The van der Waals surface area contributed by atoms with Crippen LogP contribution in [0.3, 0.4) is 0 Å². The average Bonchev–Trinajstić information content (AvgIpc) is 3.34. The van der Waals surface area contributed by atoms with Gasteiger partial charge in [0.1, 0.15) is 17.0 Å². The lowest BCUT2D eigenvalue weighted by atomic mass is 9.70. The summed E-state index contributed by atoms with van der Waals surface area (Å²) in [6.07, 6.45) is 1.92. The predicted molar refractivity (Wildman–Crippen MR) is 154 cm³/mol. The molecule has 1 aliphatic heterocycles. The molecular weight excluding hydrogens is 510 g/mol. The van der Waals surface area contributed by atoms with Crippen molar-refractivity contribution in [3.05, 3.63) is 88.3 Å². The minimum absolute atomic E-state index is 0.0335. The third-order valence-corrected chi connectivity index (χ3v) is 9.02. The molecule has 3 aromatic carbocycles. The van der Waals surface area contributed by atoms with Crippen LogP contribution in [0.1, 0.15) is 45.2 Å². The van der Waals surface area contributed by atoms with Gasteiger partial charge in [0.05, 0.1) is 15.6 Å². The van der Waals surface area contributed by atoms with Crippen LogP contribution in [0.5, 0.6) is 11.5 Å². The monoisotopic (exact) mass is 541 g/mol. The summed E-state index contributed by atoms with van der Waals surface area (Å²) in [5, 5.41) is 3.85. The van der Waals surface area contributed by atoms with Gasteiger partial charge < -0.3 is 32.2 Å². The zero-order valence-electron chi connectivity index (χ0n) is 21.6. The molecule has 1 amide bonds. The van der Waals surface area contributed by atoms with Gasteiger partial charge in [-0.1, -0.05) is 36.4 Å². The van der Waals surface area contributed by atoms with Gasteiger partial charge in [0.2, 0.25) is 0 Å². The number of hydrogen-bond donors (Lipinski definition) is 4. The van der Waals surface area contributed by atoms with E-state index in [1.807, 2.05) is 37.4 Å². The maximum absolute atomic E-state index is 14.0. The van der Waals surface area contributed by atoms with Crippen molar-refractivity contribution >= 4 is 38.8 Å². The molecule has 1 fully saturated rings. The number of Topliss-reactive ketones (excluding diaryl/α,β-unsaturated/α-hetero) is 1. The van der Waals surface area contributed by atoms with Gasteiger partial charge in [0.15, 0.2) is 5.78 Å². The number of carbonyl (C=O) groups is 2. The maximum Gasteiger partial charge on any atom is 0.262 e. The number of likely N-dealkylation sites (N-methyl/N-ethyl adjacent to an activating group) is 1. The molecule has 0 bridgehead atoms. The largest absolute Gasteiger partial charge is 0.457 e. The van der Waals surface area contributed by atoms with E-state index >= 15 is 0 Å². The molecule has 3 unspecified atom stereocenters. The number of anilines is 1. The Bertz CT molecular complexity index is 1570. The lowest BCUT2D eigenvalue weighted by Crippen LogP contribution is -2.52. The molecule has 4 aromatic rings. The molecule has 0 radical (unpaired) electrons. The Hall–Kier alpha value is -3.76. The highest BCUT2D eigenvalue weighted by atomic mass is 32.1. The lowest BCUT2D eigenvalue weighted by Gasteiger charge is -2.36. The Morgan fingerprint density at radius 1 is 1.08 bits per heavy atom. The van der Waals surface area contributed by atoms with Crippen molar-refractivity contribution in [3.8, 4) is 11.5 Å². The van der Waals surface area contributed by atoms with Crippen LogP contribution >= 0.6 is 11.3 Å². The molecule has 0 spiro atoms. The molecular formula is C30H31N5O3S. The summed E-state index contributed by atoms with van der Waals surface area (Å²) in [7, 11) is 2.05. The van der Waals surface area contributed by atoms with Crippen LogP contribution in [0.4, 0.5) is 5.69 Å². The van der Waals surface area contributed by atoms with Crippen molar-refractivity contribution in [2.75, 3.05) is 25.9 Å². The number of rotatable bonds is 5. The van der Waals surface area contributed by atoms with Gasteiger partial charge in [-0.3, -0.25) is 9.59 Å². The predicted octanol–water partition coefficient (Wildman–Crippen LogP) is 3.88. The Kier molecular flexibility index (Phi) is 6.39.